The van der Waals surface area contributed by atoms with E-state index in [9.17, 15) is 61.0 Å². The van der Waals surface area contributed by atoms with Gasteiger partial charge in [0, 0.05) is 6.42 Å². The molecule has 3 rings (SSSR count). The maximum Gasteiger partial charge on any atom is 0.220 e. The quantitative estimate of drug-likeness (QED) is 0.0318. The summed E-state index contributed by atoms with van der Waals surface area (Å²) in [5.74, 6) is -0.301. The van der Waals surface area contributed by atoms with Crippen LogP contribution in [0.1, 0.15) is 142 Å². The Morgan fingerprint density at radius 1 is 0.507 bits per heavy atom. The number of nitrogens with one attached hydrogen (secondary N) is 1. The van der Waals surface area contributed by atoms with Crippen molar-refractivity contribution in [3.8, 4) is 0 Å². The molecule has 3 aliphatic heterocycles. The van der Waals surface area contributed by atoms with Crippen LogP contribution in [0.25, 0.3) is 0 Å². The van der Waals surface area contributed by atoms with Gasteiger partial charge in [0.1, 0.15) is 73.2 Å². The zero-order valence-electron chi connectivity index (χ0n) is 41.0. The molecule has 0 bridgehead atoms. The van der Waals surface area contributed by atoms with E-state index in [0.717, 1.165) is 64.2 Å². The van der Waals surface area contributed by atoms with Gasteiger partial charge in [-0.3, -0.25) is 4.79 Å². The minimum atomic E-state index is -1.98. The highest BCUT2D eigenvalue weighted by atomic mass is 16.8. The van der Waals surface area contributed by atoms with Gasteiger partial charge in [0.15, 0.2) is 18.9 Å². The number of hydrogen-bond donors (Lipinski definition) is 12. The van der Waals surface area contributed by atoms with Gasteiger partial charge in [-0.15, -0.1) is 0 Å². The maximum atomic E-state index is 13.2. The van der Waals surface area contributed by atoms with Crippen molar-refractivity contribution in [1.29, 1.82) is 0 Å². The lowest BCUT2D eigenvalue weighted by molar-refractivity contribution is -0.379. The molecule has 3 saturated heterocycles. The van der Waals surface area contributed by atoms with Crippen LogP contribution in [0.5, 0.6) is 0 Å². The Labute approximate surface area is 409 Å². The van der Waals surface area contributed by atoms with Gasteiger partial charge in [-0.25, -0.2) is 0 Å². The number of rotatable bonds is 35. The second-order valence-corrected chi connectivity index (χ2v) is 18.6. The zero-order valence-corrected chi connectivity index (χ0v) is 41.0. The molecule has 19 nitrogen and oxygen atoms in total. The normalized spacial score (nSPS) is 33.1. The average Bonchev–Trinajstić information content (AvgIpc) is 3.34. The smallest absolute Gasteiger partial charge is 0.220 e. The molecule has 69 heavy (non-hydrogen) atoms. The molecule has 0 aromatic heterocycles. The Hall–Kier alpha value is -1.99. The highest BCUT2D eigenvalue weighted by Crippen LogP contribution is 2.33. The van der Waals surface area contributed by atoms with Crippen LogP contribution in [0.3, 0.4) is 0 Å². The summed E-state index contributed by atoms with van der Waals surface area (Å²) in [5.41, 5.74) is 0. The number of hydrogen-bond acceptors (Lipinski definition) is 18. The van der Waals surface area contributed by atoms with Crippen molar-refractivity contribution in [3.63, 3.8) is 0 Å². The Morgan fingerprint density at radius 3 is 1.49 bits per heavy atom. The average molecular weight is 992 g/mol. The van der Waals surface area contributed by atoms with Crippen molar-refractivity contribution < 1.29 is 89.4 Å². The van der Waals surface area contributed by atoms with Crippen molar-refractivity contribution >= 4 is 5.91 Å². The number of carbonyl (C=O) groups excluding carboxylic acids is 1. The van der Waals surface area contributed by atoms with Crippen molar-refractivity contribution in [2.24, 2.45) is 0 Å². The first-order chi connectivity index (χ1) is 33.3. The molecule has 17 unspecified atom stereocenters. The second-order valence-electron chi connectivity index (χ2n) is 18.6. The maximum absolute atomic E-state index is 13.2. The van der Waals surface area contributed by atoms with E-state index in [2.05, 4.69) is 43.5 Å². The van der Waals surface area contributed by atoms with Crippen molar-refractivity contribution in [2.45, 2.75) is 247 Å². The molecule has 19 heteroatoms. The van der Waals surface area contributed by atoms with Gasteiger partial charge in [0.05, 0.1) is 38.6 Å². The molecule has 0 aliphatic carbocycles. The van der Waals surface area contributed by atoms with Gasteiger partial charge in [0.2, 0.25) is 5.91 Å². The molecule has 3 heterocycles. The third kappa shape index (κ3) is 21.2. The molecule has 0 aromatic rings. The van der Waals surface area contributed by atoms with Crippen LogP contribution in [0.2, 0.25) is 0 Å². The molecular weight excluding hydrogens is 903 g/mol. The van der Waals surface area contributed by atoms with Crippen LogP contribution >= 0.6 is 0 Å². The van der Waals surface area contributed by atoms with Crippen LogP contribution < -0.4 is 5.32 Å². The summed E-state index contributed by atoms with van der Waals surface area (Å²) in [7, 11) is 0. The van der Waals surface area contributed by atoms with Gasteiger partial charge in [-0.2, -0.15) is 0 Å². The molecule has 12 N–H and O–H groups in total. The van der Waals surface area contributed by atoms with E-state index in [0.29, 0.717) is 12.8 Å². The fraction of sp³-hybridized carbons (Fsp3) is 0.860. The Balaban J connectivity index is 1.54. The Bertz CT molecular complexity index is 1420. The fourth-order valence-electron chi connectivity index (χ4n) is 8.54. The number of allylic oxidation sites excluding steroid dienone is 5. The standard InChI is InChI=1S/C50H89NO18/c1-3-5-7-9-11-13-14-15-16-17-18-19-20-22-24-26-28-38(56)51-33(34(55)27-25-23-21-12-10-8-6-4-2)32-64-48-44(62)41(59)46(36(30-53)66-48)69-50-45(63)42(60)47(37(31-54)67-50)68-49-43(61)40(58)39(57)35(29-52)65-49/h10,12,16-17,25,27,33-37,39-50,52-55,57-63H,3-9,11,13-15,18-24,26,28-32H2,1-2H3,(H,51,56)/b12-10+,17-16-,27-25+. The van der Waals surface area contributed by atoms with Crippen molar-refractivity contribution in [1.82, 2.24) is 5.32 Å². The van der Waals surface area contributed by atoms with Crippen molar-refractivity contribution in [2.75, 3.05) is 26.4 Å². The molecule has 17 atom stereocenters. The second kappa shape index (κ2) is 35.2. The molecule has 0 spiro atoms. The van der Waals surface area contributed by atoms with E-state index in [1.807, 2.05) is 6.08 Å². The van der Waals surface area contributed by atoms with Crippen LogP contribution in [0, 0.1) is 0 Å². The number of carbonyl (C=O) groups is 1. The number of ether oxygens (including phenoxy) is 6. The lowest BCUT2D eigenvalue weighted by Crippen LogP contribution is -2.66. The van der Waals surface area contributed by atoms with Gasteiger partial charge < -0.3 is 89.9 Å². The van der Waals surface area contributed by atoms with Gasteiger partial charge in [-0.1, -0.05) is 121 Å². The summed E-state index contributed by atoms with van der Waals surface area (Å²) in [6, 6.07) is -0.989. The van der Waals surface area contributed by atoms with Crippen LogP contribution in [0.15, 0.2) is 36.5 Å². The molecular formula is C50H89NO18. The Morgan fingerprint density at radius 2 is 0.942 bits per heavy atom. The molecule has 0 radical (unpaired) electrons. The summed E-state index contributed by atoms with van der Waals surface area (Å²) >= 11 is 0. The largest absolute Gasteiger partial charge is 0.394 e. The summed E-state index contributed by atoms with van der Waals surface area (Å²) in [4.78, 5) is 13.2. The minimum absolute atomic E-state index is 0.224. The number of unbranched alkanes of at least 4 members (excludes halogenated alkanes) is 15. The number of aliphatic hydroxyl groups excluding tert-OH is 11. The summed E-state index contributed by atoms with van der Waals surface area (Å²) in [6.45, 7) is 1.56. The zero-order chi connectivity index (χ0) is 50.6. The van der Waals surface area contributed by atoms with Gasteiger partial charge in [0.25, 0.3) is 0 Å². The third-order valence-electron chi connectivity index (χ3n) is 12.9. The molecule has 402 valence electrons. The van der Waals surface area contributed by atoms with E-state index in [1.54, 1.807) is 6.08 Å². The van der Waals surface area contributed by atoms with E-state index in [1.165, 1.54) is 44.9 Å². The van der Waals surface area contributed by atoms with Crippen molar-refractivity contribution in [3.05, 3.63) is 36.5 Å². The van der Waals surface area contributed by atoms with Gasteiger partial charge in [-0.05, 0) is 51.4 Å². The summed E-state index contributed by atoms with van der Waals surface area (Å²) in [6.07, 6.45) is 6.09. The summed E-state index contributed by atoms with van der Waals surface area (Å²) < 4.78 is 34.0. The highest BCUT2D eigenvalue weighted by Gasteiger charge is 2.53. The Kier molecular flexibility index (Phi) is 31.3. The first-order valence-electron chi connectivity index (χ1n) is 25.7. The minimum Gasteiger partial charge on any atom is -0.394 e. The predicted octanol–water partition coefficient (Wildman–Crippen LogP) is 1.81. The molecule has 0 saturated carbocycles. The summed E-state index contributed by atoms with van der Waals surface area (Å²) in [5, 5.41) is 119. The fourth-order valence-corrected chi connectivity index (χ4v) is 8.54. The predicted molar refractivity (Wildman–Crippen MR) is 254 cm³/mol. The topological polar surface area (TPSA) is 307 Å². The van der Waals surface area contributed by atoms with Gasteiger partial charge >= 0.3 is 0 Å². The molecule has 0 aromatic carbocycles. The highest BCUT2D eigenvalue weighted by molar-refractivity contribution is 5.76. The number of aliphatic hydroxyl groups is 11. The molecule has 3 fully saturated rings. The van der Waals surface area contributed by atoms with E-state index in [-0.39, 0.29) is 18.9 Å². The van der Waals surface area contributed by atoms with E-state index >= 15 is 0 Å². The van der Waals surface area contributed by atoms with Crippen LogP contribution in [-0.4, -0.2) is 193 Å². The molecule has 3 aliphatic rings. The molecule has 1 amide bonds. The van der Waals surface area contributed by atoms with E-state index in [4.69, 9.17) is 28.4 Å². The first-order valence-corrected chi connectivity index (χ1v) is 25.7. The monoisotopic (exact) mass is 992 g/mol. The third-order valence-corrected chi connectivity index (χ3v) is 12.9. The lowest BCUT2D eigenvalue weighted by Gasteiger charge is -2.48. The SMILES string of the molecule is CCCC/C=C/CC/C=C/C(O)C(COC1OC(CO)C(OC2OC(CO)C(OC3OC(CO)C(O)C(O)C3O)C(O)C2O)C(O)C1O)NC(=O)CCCCCCC/C=C\CCCCCCCCC. The first kappa shape index (κ1) is 61.3. The van der Waals surface area contributed by atoms with E-state index < -0.39 is 124 Å². The van der Waals surface area contributed by atoms with Crippen LogP contribution in [0.4, 0.5) is 0 Å². The van der Waals surface area contributed by atoms with Crippen LogP contribution in [-0.2, 0) is 33.2 Å². The number of amides is 1. The lowest BCUT2D eigenvalue weighted by atomic mass is 9.96.